The molecule has 0 aliphatic heterocycles. The minimum Gasteiger partial charge on any atom is -0.353 e. The van der Waals surface area contributed by atoms with Crippen molar-refractivity contribution in [3.63, 3.8) is 0 Å². The van der Waals surface area contributed by atoms with Gasteiger partial charge in [0.25, 0.3) is 5.56 Å². The van der Waals surface area contributed by atoms with E-state index in [1.54, 1.807) is 11.8 Å². The molecule has 2 aromatic rings. The standard InChI is InChI=1S/C7H17N3OS.C5H4N4O2/c1-12-5-2-6(9)7(11)10-4-3-8;10-4-2-3(7-1-6-2)8-5(11)9-4/h6H,2-5,8-9H2,1H3,(H,10,11);1H,(H3,6,7,8,9,10,11)/t6-;/m0./s1. The van der Waals surface area contributed by atoms with Crippen LogP contribution in [0.3, 0.4) is 0 Å². The first-order valence-electron chi connectivity index (χ1n) is 6.87. The summed E-state index contributed by atoms with van der Waals surface area (Å²) in [7, 11) is 0. The average Bonchev–Trinajstić information content (AvgIpc) is 2.99. The molecular formula is C12H21N7O3S. The van der Waals surface area contributed by atoms with Crippen LogP contribution in [-0.2, 0) is 4.79 Å². The minimum absolute atomic E-state index is 0.102. The lowest BCUT2D eigenvalue weighted by Crippen LogP contribution is -2.42. The van der Waals surface area contributed by atoms with Gasteiger partial charge in [-0.1, -0.05) is 0 Å². The summed E-state index contributed by atoms with van der Waals surface area (Å²) in [5, 5.41) is 2.64. The highest BCUT2D eigenvalue weighted by molar-refractivity contribution is 7.98. The molecule has 0 aliphatic rings. The quantitative estimate of drug-likeness (QED) is 0.354. The maximum Gasteiger partial charge on any atom is 0.327 e. The van der Waals surface area contributed by atoms with Crippen molar-refractivity contribution in [3.05, 3.63) is 27.2 Å². The summed E-state index contributed by atoms with van der Waals surface area (Å²) in [6.07, 6.45) is 4.05. The van der Waals surface area contributed by atoms with Crippen molar-refractivity contribution in [2.75, 3.05) is 25.1 Å². The Labute approximate surface area is 135 Å². The smallest absolute Gasteiger partial charge is 0.327 e. The molecule has 0 unspecified atom stereocenters. The van der Waals surface area contributed by atoms with Gasteiger partial charge < -0.3 is 21.8 Å². The van der Waals surface area contributed by atoms with Gasteiger partial charge >= 0.3 is 5.69 Å². The molecule has 23 heavy (non-hydrogen) atoms. The number of nitrogens with zero attached hydrogens (tertiary/aromatic N) is 1. The van der Waals surface area contributed by atoms with Crippen molar-refractivity contribution in [1.29, 1.82) is 0 Å². The zero-order valence-corrected chi connectivity index (χ0v) is 13.5. The number of nitrogens with two attached hydrogens (primary N) is 2. The van der Waals surface area contributed by atoms with Crippen LogP contribution in [0, 0.1) is 0 Å². The molecule has 2 aromatic heterocycles. The lowest BCUT2D eigenvalue weighted by Gasteiger charge is -2.10. The third-order valence-electron chi connectivity index (χ3n) is 2.74. The Morgan fingerprint density at radius 1 is 1.43 bits per heavy atom. The Morgan fingerprint density at radius 2 is 2.17 bits per heavy atom. The van der Waals surface area contributed by atoms with Crippen LogP contribution >= 0.6 is 11.8 Å². The summed E-state index contributed by atoms with van der Waals surface area (Å²) in [5.74, 6) is 0.812. The van der Waals surface area contributed by atoms with Crippen molar-refractivity contribution in [3.8, 4) is 0 Å². The van der Waals surface area contributed by atoms with Crippen LogP contribution in [0.4, 0.5) is 0 Å². The summed E-state index contributed by atoms with van der Waals surface area (Å²) >= 11 is 1.69. The lowest BCUT2D eigenvalue weighted by atomic mass is 10.2. The third-order valence-corrected chi connectivity index (χ3v) is 3.38. The predicted octanol–water partition coefficient (Wildman–Crippen LogP) is -1.92. The fourth-order valence-corrected chi connectivity index (χ4v) is 2.06. The van der Waals surface area contributed by atoms with E-state index < -0.39 is 11.2 Å². The Kier molecular flexibility index (Phi) is 8.08. The molecular weight excluding hydrogens is 322 g/mol. The number of hydrogen-bond acceptors (Lipinski definition) is 7. The van der Waals surface area contributed by atoms with Gasteiger partial charge in [0.1, 0.15) is 5.52 Å². The average molecular weight is 343 g/mol. The summed E-state index contributed by atoms with van der Waals surface area (Å²) in [4.78, 5) is 43.4. The Hall–Kier alpha value is -2.11. The third kappa shape index (κ3) is 6.26. The van der Waals surface area contributed by atoms with E-state index in [9.17, 15) is 14.4 Å². The van der Waals surface area contributed by atoms with Crippen LogP contribution in [0.5, 0.6) is 0 Å². The molecule has 0 aliphatic carbocycles. The molecule has 2 rings (SSSR count). The fourth-order valence-electron chi connectivity index (χ4n) is 1.57. The highest BCUT2D eigenvalue weighted by Gasteiger charge is 2.10. The maximum absolute atomic E-state index is 11.1. The number of aromatic nitrogens is 4. The van der Waals surface area contributed by atoms with Gasteiger partial charge in [-0.3, -0.25) is 19.6 Å². The highest BCUT2D eigenvalue weighted by Crippen LogP contribution is 1.98. The first-order valence-corrected chi connectivity index (χ1v) is 8.27. The Balaban J connectivity index is 0.000000230. The van der Waals surface area contributed by atoms with Crippen LogP contribution in [-0.4, -0.2) is 57.0 Å². The van der Waals surface area contributed by atoms with E-state index in [1.807, 2.05) is 6.26 Å². The SMILES string of the molecule is CSCC[C@H](N)C(=O)NCCN.O=c1[nH]c(=O)c2[nH]cnc2[nH]1. The van der Waals surface area contributed by atoms with Gasteiger partial charge in [0.15, 0.2) is 5.65 Å². The summed E-state index contributed by atoms with van der Waals surface area (Å²) in [6.45, 7) is 0.965. The number of carbonyl (C=O) groups is 1. The van der Waals surface area contributed by atoms with E-state index in [0.29, 0.717) is 13.1 Å². The fraction of sp³-hybridized carbons (Fsp3) is 0.500. The van der Waals surface area contributed by atoms with Crippen molar-refractivity contribution in [2.24, 2.45) is 11.5 Å². The van der Waals surface area contributed by atoms with Gasteiger partial charge in [0.2, 0.25) is 5.91 Å². The maximum atomic E-state index is 11.1. The van der Waals surface area contributed by atoms with Crippen molar-refractivity contribution < 1.29 is 4.79 Å². The number of amides is 1. The van der Waals surface area contributed by atoms with Crippen LogP contribution in [0.2, 0.25) is 0 Å². The lowest BCUT2D eigenvalue weighted by molar-refractivity contribution is -0.122. The second-order valence-electron chi connectivity index (χ2n) is 4.50. The second-order valence-corrected chi connectivity index (χ2v) is 5.49. The number of H-pyrrole nitrogens is 3. The summed E-state index contributed by atoms with van der Waals surface area (Å²) in [6, 6.07) is -0.385. The van der Waals surface area contributed by atoms with Crippen LogP contribution in [0.1, 0.15) is 6.42 Å². The minimum atomic E-state index is -0.547. The van der Waals surface area contributed by atoms with Gasteiger partial charge in [-0.2, -0.15) is 11.8 Å². The Bertz CT molecular complexity index is 723. The molecule has 1 atom stereocenters. The molecule has 0 aromatic carbocycles. The van der Waals surface area contributed by atoms with E-state index >= 15 is 0 Å². The van der Waals surface area contributed by atoms with Crippen LogP contribution in [0.25, 0.3) is 11.2 Å². The van der Waals surface area contributed by atoms with Crippen molar-refractivity contribution >= 4 is 28.8 Å². The normalized spacial score (nSPS) is 11.6. The molecule has 128 valence electrons. The zero-order valence-electron chi connectivity index (χ0n) is 12.7. The molecule has 2 heterocycles. The number of fused-ring (bicyclic) bond motifs is 1. The molecule has 1 amide bonds. The number of hydrogen-bond donors (Lipinski definition) is 6. The van der Waals surface area contributed by atoms with Gasteiger partial charge in [-0.15, -0.1) is 0 Å². The first kappa shape index (κ1) is 18.9. The molecule has 0 saturated carbocycles. The Morgan fingerprint density at radius 3 is 2.83 bits per heavy atom. The molecule has 0 bridgehead atoms. The topological polar surface area (TPSA) is 176 Å². The van der Waals surface area contributed by atoms with Gasteiger partial charge in [-0.05, 0) is 18.4 Å². The summed E-state index contributed by atoms with van der Waals surface area (Å²) < 4.78 is 0. The number of imidazole rings is 1. The molecule has 10 nitrogen and oxygen atoms in total. The highest BCUT2D eigenvalue weighted by atomic mass is 32.2. The summed E-state index contributed by atoms with van der Waals surface area (Å²) in [5.41, 5.74) is 10.4. The molecule has 11 heteroatoms. The molecule has 0 saturated heterocycles. The largest absolute Gasteiger partial charge is 0.353 e. The zero-order chi connectivity index (χ0) is 17.2. The number of aromatic amines is 3. The molecule has 0 fully saturated rings. The van der Waals surface area contributed by atoms with E-state index in [4.69, 9.17) is 11.5 Å². The van der Waals surface area contributed by atoms with Gasteiger partial charge in [0, 0.05) is 13.1 Å². The number of rotatable bonds is 6. The number of carbonyl (C=O) groups excluding carboxylic acids is 1. The van der Waals surface area contributed by atoms with Crippen molar-refractivity contribution in [2.45, 2.75) is 12.5 Å². The number of nitrogens with one attached hydrogen (secondary N) is 4. The number of thioether (sulfide) groups is 1. The van der Waals surface area contributed by atoms with E-state index in [-0.39, 0.29) is 23.1 Å². The van der Waals surface area contributed by atoms with Crippen LogP contribution < -0.4 is 28.0 Å². The molecule has 8 N–H and O–H groups in total. The second kappa shape index (κ2) is 9.82. The monoisotopic (exact) mass is 343 g/mol. The van der Waals surface area contributed by atoms with Crippen LogP contribution in [0.15, 0.2) is 15.9 Å². The predicted molar refractivity (Wildman–Crippen MR) is 90.4 cm³/mol. The molecule has 0 radical (unpaired) electrons. The van der Waals surface area contributed by atoms with Gasteiger partial charge in [-0.25, -0.2) is 9.78 Å². The van der Waals surface area contributed by atoms with Gasteiger partial charge in [0.05, 0.1) is 12.4 Å². The van der Waals surface area contributed by atoms with E-state index in [2.05, 4.69) is 25.3 Å². The first-order chi connectivity index (χ1) is 11.0. The van der Waals surface area contributed by atoms with E-state index in [1.165, 1.54) is 6.33 Å². The van der Waals surface area contributed by atoms with E-state index in [0.717, 1.165) is 12.2 Å². The van der Waals surface area contributed by atoms with Crippen molar-refractivity contribution in [1.82, 2.24) is 25.3 Å². The molecule has 0 spiro atoms.